The zero-order valence-electron chi connectivity index (χ0n) is 11.0. The molecule has 1 atom stereocenters. The van der Waals surface area contributed by atoms with Gasteiger partial charge in [0.05, 0.1) is 0 Å². The summed E-state index contributed by atoms with van der Waals surface area (Å²) in [5.74, 6) is -1.55. The van der Waals surface area contributed by atoms with Gasteiger partial charge in [-0.05, 0) is 19.1 Å². The van der Waals surface area contributed by atoms with Crippen molar-refractivity contribution in [3.63, 3.8) is 0 Å². The summed E-state index contributed by atoms with van der Waals surface area (Å²) in [5, 5.41) is 16.1. The van der Waals surface area contributed by atoms with Crippen LogP contribution in [0.3, 0.4) is 0 Å². The molecule has 0 aliphatic carbocycles. The molecule has 0 aliphatic rings. The molecular formula is C14H11N3O4. The van der Waals surface area contributed by atoms with Crippen LogP contribution in [0.2, 0.25) is 0 Å². The second-order valence-electron chi connectivity index (χ2n) is 4.59. The maximum Gasteiger partial charge on any atom is 0.347 e. The highest BCUT2D eigenvalue weighted by Gasteiger charge is 2.20. The topological polar surface area (TPSA) is 109 Å². The van der Waals surface area contributed by atoms with E-state index in [4.69, 9.17) is 9.52 Å². The van der Waals surface area contributed by atoms with Gasteiger partial charge in [0.25, 0.3) is 0 Å². The number of carbonyl (C=O) groups is 1. The molecule has 0 radical (unpaired) electrons. The SMILES string of the molecule is CC(C(=O)O)c1nc(-c2cc3ccccc3oc2=O)n[nH]1. The van der Waals surface area contributed by atoms with Gasteiger partial charge in [-0.1, -0.05) is 18.2 Å². The number of aliphatic carboxylic acids is 1. The first-order valence-electron chi connectivity index (χ1n) is 6.24. The third-order valence-electron chi connectivity index (χ3n) is 3.17. The van der Waals surface area contributed by atoms with Crippen LogP contribution >= 0.6 is 0 Å². The molecule has 0 bridgehead atoms. The maximum atomic E-state index is 12.0. The zero-order valence-corrected chi connectivity index (χ0v) is 11.0. The van der Waals surface area contributed by atoms with Gasteiger partial charge in [-0.25, -0.2) is 9.78 Å². The Hall–Kier alpha value is -2.96. The van der Waals surface area contributed by atoms with E-state index in [-0.39, 0.29) is 17.2 Å². The summed E-state index contributed by atoms with van der Waals surface area (Å²) in [6.07, 6.45) is 0. The molecule has 2 N–H and O–H groups in total. The number of para-hydroxylation sites is 1. The van der Waals surface area contributed by atoms with E-state index in [9.17, 15) is 9.59 Å². The lowest BCUT2D eigenvalue weighted by atomic mass is 10.1. The van der Waals surface area contributed by atoms with E-state index in [0.717, 1.165) is 5.39 Å². The lowest BCUT2D eigenvalue weighted by Gasteiger charge is -1.99. The van der Waals surface area contributed by atoms with Crippen LogP contribution < -0.4 is 5.63 Å². The van der Waals surface area contributed by atoms with E-state index in [0.29, 0.717) is 5.58 Å². The average molecular weight is 285 g/mol. The molecule has 7 nitrogen and oxygen atoms in total. The van der Waals surface area contributed by atoms with Crippen molar-refractivity contribution in [2.24, 2.45) is 0 Å². The van der Waals surface area contributed by atoms with Gasteiger partial charge in [-0.15, -0.1) is 0 Å². The van der Waals surface area contributed by atoms with Crippen molar-refractivity contribution >= 4 is 16.9 Å². The van der Waals surface area contributed by atoms with Crippen molar-refractivity contribution < 1.29 is 14.3 Å². The molecule has 3 rings (SSSR count). The number of carboxylic acids is 1. The number of aromatic nitrogens is 3. The van der Waals surface area contributed by atoms with Crippen LogP contribution in [0.4, 0.5) is 0 Å². The molecule has 0 fully saturated rings. The molecule has 0 spiro atoms. The average Bonchev–Trinajstić information content (AvgIpc) is 2.95. The van der Waals surface area contributed by atoms with Gasteiger partial charge in [0.1, 0.15) is 22.9 Å². The highest BCUT2D eigenvalue weighted by Crippen LogP contribution is 2.19. The number of rotatable bonds is 3. The molecule has 21 heavy (non-hydrogen) atoms. The molecule has 1 unspecified atom stereocenters. The van der Waals surface area contributed by atoms with Gasteiger partial charge in [-0.3, -0.25) is 9.89 Å². The number of nitrogens with one attached hydrogen (secondary N) is 1. The minimum absolute atomic E-state index is 0.123. The lowest BCUT2D eigenvalue weighted by molar-refractivity contribution is -0.138. The summed E-state index contributed by atoms with van der Waals surface area (Å²) in [7, 11) is 0. The fourth-order valence-electron chi connectivity index (χ4n) is 1.92. The zero-order chi connectivity index (χ0) is 15.0. The summed E-state index contributed by atoms with van der Waals surface area (Å²) in [6.45, 7) is 1.48. The smallest absolute Gasteiger partial charge is 0.347 e. The molecule has 7 heteroatoms. The quantitative estimate of drug-likeness (QED) is 0.710. The standard InChI is InChI=1S/C14H11N3O4/c1-7(13(18)19)11-15-12(17-16-11)9-6-8-4-2-3-5-10(8)21-14(9)20/h2-7H,1H3,(H,18,19)(H,15,16,17). The summed E-state index contributed by atoms with van der Waals surface area (Å²) in [6, 6.07) is 8.71. The first-order valence-corrected chi connectivity index (χ1v) is 6.24. The Labute approximate surface area is 118 Å². The summed E-state index contributed by atoms with van der Waals surface area (Å²) >= 11 is 0. The molecule has 0 saturated carbocycles. The first-order chi connectivity index (χ1) is 10.1. The molecule has 3 aromatic rings. The molecule has 1 aromatic carbocycles. The van der Waals surface area contributed by atoms with Crippen LogP contribution in [0.1, 0.15) is 18.7 Å². The van der Waals surface area contributed by atoms with E-state index >= 15 is 0 Å². The highest BCUT2D eigenvalue weighted by atomic mass is 16.4. The summed E-state index contributed by atoms with van der Waals surface area (Å²) < 4.78 is 5.20. The van der Waals surface area contributed by atoms with E-state index in [2.05, 4.69) is 15.2 Å². The molecule has 0 saturated heterocycles. The predicted octanol–water partition coefficient (Wildman–Crippen LogP) is 1.77. The number of benzene rings is 1. The minimum atomic E-state index is -1.02. The fourth-order valence-corrected chi connectivity index (χ4v) is 1.92. The Morgan fingerprint density at radius 2 is 2.14 bits per heavy atom. The summed E-state index contributed by atoms with van der Waals surface area (Å²) in [4.78, 5) is 27.0. The number of aromatic amines is 1. The predicted molar refractivity (Wildman–Crippen MR) is 73.9 cm³/mol. The van der Waals surface area contributed by atoms with Gasteiger partial charge in [0.15, 0.2) is 5.82 Å². The van der Waals surface area contributed by atoms with Crippen molar-refractivity contribution in [3.8, 4) is 11.4 Å². The van der Waals surface area contributed by atoms with Crippen LogP contribution in [-0.2, 0) is 4.79 Å². The van der Waals surface area contributed by atoms with E-state index in [1.54, 1.807) is 24.3 Å². The number of nitrogens with zero attached hydrogens (tertiary/aromatic N) is 2. The van der Waals surface area contributed by atoms with E-state index in [1.807, 2.05) is 6.07 Å². The van der Waals surface area contributed by atoms with Crippen LogP contribution in [0.15, 0.2) is 39.5 Å². The third kappa shape index (κ3) is 2.29. The third-order valence-corrected chi connectivity index (χ3v) is 3.17. The second-order valence-corrected chi connectivity index (χ2v) is 4.59. The maximum absolute atomic E-state index is 12.0. The van der Waals surface area contributed by atoms with Crippen LogP contribution in [0, 0.1) is 0 Å². The number of hydrogen-bond acceptors (Lipinski definition) is 5. The van der Waals surface area contributed by atoms with E-state index in [1.165, 1.54) is 6.92 Å². The minimum Gasteiger partial charge on any atom is -0.481 e. The molecule has 2 aromatic heterocycles. The fraction of sp³-hybridized carbons (Fsp3) is 0.143. The Morgan fingerprint density at radius 3 is 2.90 bits per heavy atom. The van der Waals surface area contributed by atoms with Gasteiger partial charge in [0, 0.05) is 5.39 Å². The largest absolute Gasteiger partial charge is 0.481 e. The van der Waals surface area contributed by atoms with Gasteiger partial charge in [-0.2, -0.15) is 5.10 Å². The Kier molecular flexibility index (Phi) is 3.02. The monoisotopic (exact) mass is 285 g/mol. The van der Waals surface area contributed by atoms with Crippen molar-refractivity contribution in [2.75, 3.05) is 0 Å². The lowest BCUT2D eigenvalue weighted by Crippen LogP contribution is -2.09. The molecule has 106 valence electrons. The molecule has 2 heterocycles. The number of carboxylic acid groups (broad SMARTS) is 1. The number of fused-ring (bicyclic) bond motifs is 1. The normalized spacial score (nSPS) is 12.4. The van der Waals surface area contributed by atoms with Crippen molar-refractivity contribution in [1.82, 2.24) is 15.2 Å². The molecule has 0 amide bonds. The van der Waals surface area contributed by atoms with Crippen molar-refractivity contribution in [3.05, 3.63) is 46.6 Å². The van der Waals surface area contributed by atoms with Crippen LogP contribution in [0.5, 0.6) is 0 Å². The number of H-pyrrole nitrogens is 1. The Balaban J connectivity index is 2.10. The molecule has 0 aliphatic heterocycles. The second kappa shape index (κ2) is 4.86. The number of hydrogen-bond donors (Lipinski definition) is 2. The van der Waals surface area contributed by atoms with Crippen molar-refractivity contribution in [1.29, 1.82) is 0 Å². The van der Waals surface area contributed by atoms with Gasteiger partial charge < -0.3 is 9.52 Å². The highest BCUT2D eigenvalue weighted by molar-refractivity contribution is 5.80. The Morgan fingerprint density at radius 1 is 1.38 bits per heavy atom. The first kappa shape index (κ1) is 13.0. The van der Waals surface area contributed by atoms with Crippen LogP contribution in [0.25, 0.3) is 22.4 Å². The van der Waals surface area contributed by atoms with Gasteiger partial charge >= 0.3 is 11.6 Å². The van der Waals surface area contributed by atoms with Gasteiger partial charge in [0.2, 0.25) is 0 Å². The van der Waals surface area contributed by atoms with Crippen molar-refractivity contribution in [2.45, 2.75) is 12.8 Å². The Bertz CT molecular complexity index is 881. The molecular weight excluding hydrogens is 274 g/mol. The van der Waals surface area contributed by atoms with Crippen LogP contribution in [-0.4, -0.2) is 26.3 Å². The van der Waals surface area contributed by atoms with E-state index < -0.39 is 17.5 Å². The summed E-state index contributed by atoms with van der Waals surface area (Å²) in [5.41, 5.74) is 0.0944.